The van der Waals surface area contributed by atoms with Gasteiger partial charge in [-0.1, -0.05) is 18.2 Å². The summed E-state index contributed by atoms with van der Waals surface area (Å²) in [6, 6.07) is 4.66. The smallest absolute Gasteiger partial charge is 0.476 e. The SMILES string of the molecule is O=C(O)c1ncc(C(F)(F)F)cc1-c1ccccc1OC(F)(F)F. The van der Waals surface area contributed by atoms with Crippen LogP contribution in [0, 0.1) is 0 Å². The summed E-state index contributed by atoms with van der Waals surface area (Å²) in [5.74, 6) is -2.53. The summed E-state index contributed by atoms with van der Waals surface area (Å²) in [5, 5.41) is 9.04. The van der Waals surface area contributed by atoms with Crippen LogP contribution in [-0.4, -0.2) is 22.4 Å². The van der Waals surface area contributed by atoms with Crippen LogP contribution in [0.15, 0.2) is 36.5 Å². The molecule has 1 heterocycles. The van der Waals surface area contributed by atoms with E-state index >= 15 is 0 Å². The maximum atomic E-state index is 12.8. The summed E-state index contributed by atoms with van der Waals surface area (Å²) in [6.45, 7) is 0. The standard InChI is InChI=1S/C14H7F6NO3/c15-13(16,17)7-5-9(11(12(22)23)21-6-7)8-3-1-2-4-10(8)24-14(18,19)20/h1-6H,(H,22,23). The lowest BCUT2D eigenvalue weighted by Gasteiger charge is -2.15. The van der Waals surface area contributed by atoms with Crippen LogP contribution in [0.2, 0.25) is 0 Å². The van der Waals surface area contributed by atoms with Crippen molar-refractivity contribution in [2.75, 3.05) is 0 Å². The number of pyridine rings is 1. The Labute approximate surface area is 130 Å². The number of benzene rings is 1. The number of aromatic nitrogens is 1. The summed E-state index contributed by atoms with van der Waals surface area (Å²) < 4.78 is 79.4. The number of carboxylic acids is 1. The van der Waals surface area contributed by atoms with Gasteiger partial charge in [0.2, 0.25) is 0 Å². The number of alkyl halides is 6. The number of aromatic carboxylic acids is 1. The van der Waals surface area contributed by atoms with Gasteiger partial charge in [-0.05, 0) is 12.1 Å². The average molecular weight is 351 g/mol. The third-order valence-corrected chi connectivity index (χ3v) is 2.82. The molecule has 4 nitrogen and oxygen atoms in total. The van der Waals surface area contributed by atoms with Crippen LogP contribution in [0.1, 0.15) is 16.1 Å². The Morgan fingerprint density at radius 1 is 1.04 bits per heavy atom. The highest BCUT2D eigenvalue weighted by Crippen LogP contribution is 2.38. The molecule has 128 valence electrons. The molecular weight excluding hydrogens is 344 g/mol. The van der Waals surface area contributed by atoms with Crippen LogP contribution in [0.25, 0.3) is 11.1 Å². The predicted octanol–water partition coefficient (Wildman–Crippen LogP) is 4.36. The first kappa shape index (κ1) is 17.6. The molecule has 2 aromatic rings. The van der Waals surface area contributed by atoms with Crippen LogP contribution < -0.4 is 4.74 Å². The molecular formula is C14H7F6NO3. The van der Waals surface area contributed by atoms with Crippen LogP contribution in [-0.2, 0) is 6.18 Å². The molecule has 0 amide bonds. The summed E-state index contributed by atoms with van der Waals surface area (Å²) in [7, 11) is 0. The van der Waals surface area contributed by atoms with Crippen molar-refractivity contribution in [1.82, 2.24) is 4.98 Å². The van der Waals surface area contributed by atoms with Crippen molar-refractivity contribution >= 4 is 5.97 Å². The van der Waals surface area contributed by atoms with E-state index < -0.39 is 46.6 Å². The average Bonchev–Trinajstić information content (AvgIpc) is 2.44. The second-order valence-electron chi connectivity index (χ2n) is 4.47. The van der Waals surface area contributed by atoms with Gasteiger partial charge in [0.1, 0.15) is 5.75 Å². The van der Waals surface area contributed by atoms with E-state index in [0.29, 0.717) is 12.3 Å². The zero-order chi connectivity index (χ0) is 18.1. The molecule has 2 rings (SSSR count). The maximum Gasteiger partial charge on any atom is 0.573 e. The molecule has 0 bridgehead atoms. The van der Waals surface area contributed by atoms with Gasteiger partial charge in [-0.15, -0.1) is 13.2 Å². The van der Waals surface area contributed by atoms with Crippen LogP contribution in [0.4, 0.5) is 26.3 Å². The van der Waals surface area contributed by atoms with Gasteiger partial charge >= 0.3 is 18.5 Å². The number of rotatable bonds is 3. The normalized spacial score (nSPS) is 12.1. The van der Waals surface area contributed by atoms with Crippen molar-refractivity contribution in [3.05, 3.63) is 47.8 Å². The number of hydrogen-bond acceptors (Lipinski definition) is 3. The van der Waals surface area contributed by atoms with Gasteiger partial charge in [-0.3, -0.25) is 0 Å². The molecule has 0 atom stereocenters. The third kappa shape index (κ3) is 3.94. The second-order valence-corrected chi connectivity index (χ2v) is 4.47. The van der Waals surface area contributed by atoms with Gasteiger partial charge in [0.25, 0.3) is 0 Å². The van der Waals surface area contributed by atoms with E-state index in [0.717, 1.165) is 18.2 Å². The number of nitrogens with zero attached hydrogens (tertiary/aromatic N) is 1. The van der Waals surface area contributed by atoms with E-state index in [-0.39, 0.29) is 0 Å². The lowest BCUT2D eigenvalue weighted by atomic mass is 10.0. The Morgan fingerprint density at radius 3 is 2.21 bits per heavy atom. The summed E-state index contributed by atoms with van der Waals surface area (Å²) >= 11 is 0. The van der Waals surface area contributed by atoms with Gasteiger partial charge in [-0.2, -0.15) is 13.2 Å². The molecule has 0 aliphatic carbocycles. The topological polar surface area (TPSA) is 59.4 Å². The summed E-state index contributed by atoms with van der Waals surface area (Å²) in [5.41, 5.74) is -3.26. The Kier molecular flexibility index (Phi) is 4.41. The molecule has 10 heteroatoms. The molecule has 0 saturated heterocycles. The number of halogens is 6. The molecule has 0 aliphatic heterocycles. The molecule has 0 fully saturated rings. The van der Waals surface area contributed by atoms with Crippen molar-refractivity contribution in [2.24, 2.45) is 0 Å². The minimum Gasteiger partial charge on any atom is -0.476 e. The van der Waals surface area contributed by atoms with Gasteiger partial charge in [0.15, 0.2) is 5.69 Å². The lowest BCUT2D eigenvalue weighted by Crippen LogP contribution is -2.18. The zero-order valence-corrected chi connectivity index (χ0v) is 11.4. The Morgan fingerprint density at radius 2 is 1.67 bits per heavy atom. The molecule has 0 saturated carbocycles. The molecule has 1 N–H and O–H groups in total. The fourth-order valence-corrected chi connectivity index (χ4v) is 1.90. The maximum absolute atomic E-state index is 12.8. The first-order valence-electron chi connectivity index (χ1n) is 6.15. The molecule has 0 unspecified atom stereocenters. The first-order chi connectivity index (χ1) is 11.0. The highest BCUT2D eigenvalue weighted by Gasteiger charge is 2.35. The molecule has 0 radical (unpaired) electrons. The van der Waals surface area contributed by atoms with Crippen molar-refractivity contribution in [2.45, 2.75) is 12.5 Å². The van der Waals surface area contributed by atoms with E-state index in [1.54, 1.807) is 0 Å². The molecule has 24 heavy (non-hydrogen) atoms. The Hall–Kier alpha value is -2.78. The van der Waals surface area contributed by atoms with Gasteiger partial charge in [-0.25, -0.2) is 9.78 Å². The molecule has 1 aromatic carbocycles. The fourth-order valence-electron chi connectivity index (χ4n) is 1.90. The third-order valence-electron chi connectivity index (χ3n) is 2.82. The largest absolute Gasteiger partial charge is 0.573 e. The van der Waals surface area contributed by atoms with Gasteiger partial charge in [0, 0.05) is 17.3 Å². The van der Waals surface area contributed by atoms with Crippen molar-refractivity contribution in [3.8, 4) is 16.9 Å². The summed E-state index contributed by atoms with van der Waals surface area (Å²) in [6.07, 6.45) is -9.66. The van der Waals surface area contributed by atoms with E-state index in [2.05, 4.69) is 9.72 Å². The highest BCUT2D eigenvalue weighted by atomic mass is 19.4. The van der Waals surface area contributed by atoms with E-state index in [1.165, 1.54) is 6.07 Å². The van der Waals surface area contributed by atoms with Crippen molar-refractivity contribution in [1.29, 1.82) is 0 Å². The number of carboxylic acid groups (broad SMARTS) is 1. The lowest BCUT2D eigenvalue weighted by molar-refractivity contribution is -0.274. The van der Waals surface area contributed by atoms with E-state index in [9.17, 15) is 31.1 Å². The number of ether oxygens (including phenoxy) is 1. The molecule has 0 spiro atoms. The van der Waals surface area contributed by atoms with Crippen molar-refractivity contribution in [3.63, 3.8) is 0 Å². The molecule has 0 aliphatic rings. The Bertz CT molecular complexity index is 770. The predicted molar refractivity (Wildman–Crippen MR) is 68.3 cm³/mol. The van der Waals surface area contributed by atoms with Crippen LogP contribution >= 0.6 is 0 Å². The first-order valence-corrected chi connectivity index (χ1v) is 6.15. The highest BCUT2D eigenvalue weighted by molar-refractivity contribution is 5.95. The number of hydrogen-bond donors (Lipinski definition) is 1. The minimum absolute atomic E-state index is 0.292. The van der Waals surface area contributed by atoms with Crippen LogP contribution in [0.3, 0.4) is 0 Å². The van der Waals surface area contributed by atoms with E-state index in [4.69, 9.17) is 5.11 Å². The monoisotopic (exact) mass is 351 g/mol. The Balaban J connectivity index is 2.69. The number of carbonyl (C=O) groups is 1. The van der Waals surface area contributed by atoms with E-state index in [1.807, 2.05) is 0 Å². The minimum atomic E-state index is -5.10. The number of para-hydroxylation sites is 1. The summed E-state index contributed by atoms with van der Waals surface area (Å²) in [4.78, 5) is 14.3. The zero-order valence-electron chi connectivity index (χ0n) is 11.4. The van der Waals surface area contributed by atoms with Gasteiger partial charge < -0.3 is 9.84 Å². The second kappa shape index (κ2) is 6.02. The quantitative estimate of drug-likeness (QED) is 0.835. The fraction of sp³-hybridized carbons (Fsp3) is 0.143. The van der Waals surface area contributed by atoms with Gasteiger partial charge in [0.05, 0.1) is 5.56 Å². The molecule has 1 aromatic heterocycles. The van der Waals surface area contributed by atoms with Crippen molar-refractivity contribution < 1.29 is 41.0 Å². The van der Waals surface area contributed by atoms with Crippen LogP contribution in [0.5, 0.6) is 5.75 Å².